The van der Waals surface area contributed by atoms with Gasteiger partial charge in [-0.2, -0.15) is 0 Å². The van der Waals surface area contributed by atoms with E-state index in [4.69, 9.17) is 21.1 Å². The lowest BCUT2D eigenvalue weighted by atomic mass is 10.1. The van der Waals surface area contributed by atoms with E-state index in [1.165, 1.54) is 6.33 Å². The Balaban J connectivity index is 1.24. The van der Waals surface area contributed by atoms with E-state index in [2.05, 4.69) is 19.9 Å². The van der Waals surface area contributed by atoms with Crippen LogP contribution in [0.15, 0.2) is 36.7 Å². The highest BCUT2D eigenvalue weighted by Gasteiger charge is 2.25. The van der Waals surface area contributed by atoms with Gasteiger partial charge >= 0.3 is 6.09 Å². The number of H-pyrrole nitrogens is 1. The molecule has 1 aliphatic rings. The molecule has 0 atom stereocenters. The number of aromatic nitrogens is 3. The lowest BCUT2D eigenvalue weighted by Crippen LogP contribution is -2.50. The number of ether oxygens (including phenoxy) is 2. The van der Waals surface area contributed by atoms with Crippen LogP contribution in [0.4, 0.5) is 4.79 Å². The van der Waals surface area contributed by atoms with Gasteiger partial charge < -0.3 is 19.4 Å². The minimum absolute atomic E-state index is 0.238. The number of hydrogen-bond acceptors (Lipinski definition) is 6. The van der Waals surface area contributed by atoms with Crippen molar-refractivity contribution >= 4 is 28.7 Å². The number of aromatic amines is 1. The van der Waals surface area contributed by atoms with Gasteiger partial charge in [-0.05, 0) is 56.7 Å². The standard InChI is InChI=1S/C23H28ClN5O3/c1-23(2,3)32-22(30)29-10-8-28(9-11-29)12-13-31-17-6-4-16(5-7-17)19-14-18-20(24)25-15-26-21(18)27-19/h4-7,14-15H,8-13H2,1-3H3,(H,25,26,27). The number of carbonyl (C=O) groups excluding carboxylic acids is 1. The van der Waals surface area contributed by atoms with Crippen molar-refractivity contribution in [2.24, 2.45) is 0 Å². The number of benzene rings is 1. The molecule has 0 saturated carbocycles. The lowest BCUT2D eigenvalue weighted by molar-refractivity contribution is 0.0137. The molecule has 1 N–H and O–H groups in total. The van der Waals surface area contributed by atoms with Crippen molar-refractivity contribution in [2.75, 3.05) is 39.3 Å². The largest absolute Gasteiger partial charge is 0.492 e. The van der Waals surface area contributed by atoms with Crippen molar-refractivity contribution in [1.82, 2.24) is 24.8 Å². The molecule has 0 unspecified atom stereocenters. The number of nitrogens with one attached hydrogen (secondary N) is 1. The van der Waals surface area contributed by atoms with Gasteiger partial charge in [0.05, 0.1) is 5.39 Å². The van der Waals surface area contributed by atoms with Crippen LogP contribution in [0.3, 0.4) is 0 Å². The van der Waals surface area contributed by atoms with Crippen molar-refractivity contribution in [2.45, 2.75) is 26.4 Å². The molecule has 1 aliphatic heterocycles. The van der Waals surface area contributed by atoms with E-state index in [9.17, 15) is 4.79 Å². The van der Waals surface area contributed by atoms with E-state index in [1.54, 1.807) is 4.90 Å². The Labute approximate surface area is 192 Å². The van der Waals surface area contributed by atoms with Crippen molar-refractivity contribution in [3.05, 3.63) is 41.8 Å². The monoisotopic (exact) mass is 457 g/mol. The Bertz CT molecular complexity index is 1070. The van der Waals surface area contributed by atoms with Crippen LogP contribution in [-0.4, -0.2) is 75.8 Å². The highest BCUT2D eigenvalue weighted by atomic mass is 35.5. The molecule has 4 rings (SSSR count). The molecule has 1 fully saturated rings. The minimum atomic E-state index is -0.465. The lowest BCUT2D eigenvalue weighted by Gasteiger charge is -2.35. The van der Waals surface area contributed by atoms with Crippen molar-refractivity contribution in [3.8, 4) is 17.0 Å². The molecule has 1 amide bonds. The summed E-state index contributed by atoms with van der Waals surface area (Å²) < 4.78 is 11.4. The molecular formula is C23H28ClN5O3. The summed E-state index contributed by atoms with van der Waals surface area (Å²) in [6.07, 6.45) is 1.21. The zero-order valence-corrected chi connectivity index (χ0v) is 19.4. The van der Waals surface area contributed by atoms with Gasteiger partial charge in [-0.1, -0.05) is 11.6 Å². The number of carbonyl (C=O) groups is 1. The van der Waals surface area contributed by atoms with Crippen LogP contribution in [-0.2, 0) is 4.74 Å². The van der Waals surface area contributed by atoms with Crippen LogP contribution < -0.4 is 4.74 Å². The number of nitrogens with zero attached hydrogens (tertiary/aromatic N) is 4. The zero-order chi connectivity index (χ0) is 22.7. The SMILES string of the molecule is CC(C)(C)OC(=O)N1CCN(CCOc2ccc(-c3cc4c(Cl)ncnc4[nH]3)cc2)CC1. The number of hydrogen-bond donors (Lipinski definition) is 1. The molecule has 8 nitrogen and oxygen atoms in total. The van der Waals surface area contributed by atoms with Crippen molar-refractivity contribution in [3.63, 3.8) is 0 Å². The zero-order valence-electron chi connectivity index (χ0n) is 18.6. The van der Waals surface area contributed by atoms with Gasteiger partial charge in [0.1, 0.15) is 35.1 Å². The molecule has 3 heterocycles. The molecule has 170 valence electrons. The Morgan fingerprint density at radius 1 is 1.12 bits per heavy atom. The third-order valence-corrected chi connectivity index (χ3v) is 5.54. The molecule has 0 spiro atoms. The first-order valence-corrected chi connectivity index (χ1v) is 11.1. The maximum absolute atomic E-state index is 12.2. The Hall–Kier alpha value is -2.84. The summed E-state index contributed by atoms with van der Waals surface area (Å²) in [4.78, 5) is 27.7. The highest BCUT2D eigenvalue weighted by molar-refractivity contribution is 6.34. The fourth-order valence-corrected chi connectivity index (χ4v) is 3.76. The first-order chi connectivity index (χ1) is 15.3. The highest BCUT2D eigenvalue weighted by Crippen LogP contribution is 2.27. The van der Waals surface area contributed by atoms with Gasteiger partial charge in [-0.25, -0.2) is 14.8 Å². The quantitative estimate of drug-likeness (QED) is 0.578. The van der Waals surface area contributed by atoms with Gasteiger partial charge in [0, 0.05) is 38.4 Å². The van der Waals surface area contributed by atoms with E-state index in [0.717, 1.165) is 42.0 Å². The van der Waals surface area contributed by atoms with E-state index in [-0.39, 0.29) is 6.09 Å². The van der Waals surface area contributed by atoms with Crippen molar-refractivity contribution < 1.29 is 14.3 Å². The molecule has 1 saturated heterocycles. The predicted molar refractivity (Wildman–Crippen MR) is 124 cm³/mol. The van der Waals surface area contributed by atoms with Crippen LogP contribution in [0.5, 0.6) is 5.75 Å². The average Bonchev–Trinajstić information content (AvgIpc) is 3.19. The van der Waals surface area contributed by atoms with Gasteiger partial charge in [0.15, 0.2) is 0 Å². The van der Waals surface area contributed by atoms with Crippen LogP contribution in [0.1, 0.15) is 20.8 Å². The average molecular weight is 458 g/mol. The number of halogens is 1. The summed E-state index contributed by atoms with van der Waals surface area (Å²) in [5, 5.41) is 1.24. The van der Waals surface area contributed by atoms with E-state index in [0.29, 0.717) is 30.5 Å². The molecule has 1 aromatic carbocycles. The topological polar surface area (TPSA) is 83.6 Å². The molecule has 0 bridgehead atoms. The Morgan fingerprint density at radius 2 is 1.84 bits per heavy atom. The smallest absolute Gasteiger partial charge is 0.410 e. The Kier molecular flexibility index (Phi) is 6.53. The number of amides is 1. The van der Waals surface area contributed by atoms with Gasteiger partial charge in [0.25, 0.3) is 0 Å². The normalized spacial score (nSPS) is 15.2. The van der Waals surface area contributed by atoms with E-state index >= 15 is 0 Å². The maximum atomic E-state index is 12.2. The molecule has 2 aromatic heterocycles. The number of fused-ring (bicyclic) bond motifs is 1. The molecular weight excluding hydrogens is 430 g/mol. The van der Waals surface area contributed by atoms with Crippen molar-refractivity contribution in [1.29, 1.82) is 0 Å². The second-order valence-corrected chi connectivity index (χ2v) is 9.15. The van der Waals surface area contributed by atoms with Crippen LogP contribution in [0.25, 0.3) is 22.3 Å². The summed E-state index contributed by atoms with van der Waals surface area (Å²) >= 11 is 6.13. The molecule has 0 radical (unpaired) electrons. The third kappa shape index (κ3) is 5.49. The summed E-state index contributed by atoms with van der Waals surface area (Å²) in [5.41, 5.74) is 2.20. The second-order valence-electron chi connectivity index (χ2n) is 8.79. The minimum Gasteiger partial charge on any atom is -0.492 e. The second kappa shape index (κ2) is 9.34. The third-order valence-electron chi connectivity index (χ3n) is 5.24. The molecule has 0 aliphatic carbocycles. The molecule has 32 heavy (non-hydrogen) atoms. The fourth-order valence-electron chi connectivity index (χ4n) is 3.57. The summed E-state index contributed by atoms with van der Waals surface area (Å²) in [6, 6.07) is 9.86. The van der Waals surface area contributed by atoms with Gasteiger partial charge in [0.2, 0.25) is 0 Å². The first-order valence-electron chi connectivity index (χ1n) is 10.7. The summed E-state index contributed by atoms with van der Waals surface area (Å²) in [7, 11) is 0. The number of piperazine rings is 1. The molecule has 9 heteroatoms. The predicted octanol–water partition coefficient (Wildman–Crippen LogP) is 4.21. The van der Waals surface area contributed by atoms with E-state index in [1.807, 2.05) is 51.1 Å². The summed E-state index contributed by atoms with van der Waals surface area (Å²) in [5.74, 6) is 0.815. The van der Waals surface area contributed by atoms with E-state index < -0.39 is 5.60 Å². The summed E-state index contributed by atoms with van der Waals surface area (Å²) in [6.45, 7) is 10.0. The fraction of sp³-hybridized carbons (Fsp3) is 0.435. The Morgan fingerprint density at radius 3 is 2.50 bits per heavy atom. The van der Waals surface area contributed by atoms with Crippen LogP contribution >= 0.6 is 11.6 Å². The van der Waals surface area contributed by atoms with Crippen LogP contribution in [0.2, 0.25) is 5.15 Å². The first kappa shape index (κ1) is 22.4. The maximum Gasteiger partial charge on any atom is 0.410 e. The number of rotatable bonds is 5. The molecule has 3 aromatic rings. The van der Waals surface area contributed by atoms with Crippen LogP contribution in [0, 0.1) is 0 Å². The van der Waals surface area contributed by atoms with Gasteiger partial charge in [-0.3, -0.25) is 4.90 Å². The van der Waals surface area contributed by atoms with Gasteiger partial charge in [-0.15, -0.1) is 0 Å².